The van der Waals surface area contributed by atoms with Crippen molar-refractivity contribution in [2.24, 2.45) is 0 Å². The minimum absolute atomic E-state index is 0.0345. The molecule has 1 aromatic carbocycles. The molecule has 3 rings (SSSR count). The molecule has 15 heteroatoms. The number of carbonyl (C=O) groups is 1. The van der Waals surface area contributed by atoms with Gasteiger partial charge < -0.3 is 14.5 Å². The highest BCUT2D eigenvalue weighted by atomic mass is 32.2. The maximum absolute atomic E-state index is 13.4. The second-order valence-corrected chi connectivity index (χ2v) is 10.6. The van der Waals surface area contributed by atoms with E-state index < -0.39 is 45.1 Å². The maximum atomic E-state index is 13.4. The number of hydrogen-bond donors (Lipinski definition) is 0. The van der Waals surface area contributed by atoms with Crippen LogP contribution in [0.15, 0.2) is 35.5 Å². The van der Waals surface area contributed by atoms with E-state index in [9.17, 15) is 39.6 Å². The Hall–Kier alpha value is -3.10. The van der Waals surface area contributed by atoms with Crippen LogP contribution in [-0.2, 0) is 16.0 Å². The van der Waals surface area contributed by atoms with E-state index in [1.54, 1.807) is 4.90 Å². The third-order valence-electron chi connectivity index (χ3n) is 5.48. The van der Waals surface area contributed by atoms with Crippen molar-refractivity contribution < 1.29 is 44.3 Å². The third-order valence-corrected chi connectivity index (χ3v) is 6.59. The number of rotatable bonds is 5. The summed E-state index contributed by atoms with van der Waals surface area (Å²) in [6.07, 6.45) is -6.98. The zero-order valence-electron chi connectivity index (χ0n) is 19.3. The molecule has 1 amide bonds. The monoisotopic (exact) mass is 540 g/mol. The van der Waals surface area contributed by atoms with Crippen LogP contribution in [0.5, 0.6) is 5.75 Å². The summed E-state index contributed by atoms with van der Waals surface area (Å²) in [6, 6.07) is 3.02. The fourth-order valence-corrected chi connectivity index (χ4v) is 3.92. The van der Waals surface area contributed by atoms with Gasteiger partial charge in [0.05, 0.1) is 22.9 Å². The van der Waals surface area contributed by atoms with Crippen LogP contribution < -0.4 is 9.64 Å². The lowest BCUT2D eigenvalue weighted by atomic mass is 10.1. The van der Waals surface area contributed by atoms with Crippen LogP contribution >= 0.6 is 0 Å². The van der Waals surface area contributed by atoms with Gasteiger partial charge in [-0.25, -0.2) is 18.4 Å². The van der Waals surface area contributed by atoms with Gasteiger partial charge >= 0.3 is 12.4 Å². The predicted octanol–water partition coefficient (Wildman–Crippen LogP) is 3.58. The van der Waals surface area contributed by atoms with Crippen LogP contribution in [0, 0.1) is 0 Å². The minimum atomic E-state index is -4.78. The Morgan fingerprint density at radius 1 is 0.972 bits per heavy atom. The summed E-state index contributed by atoms with van der Waals surface area (Å²) in [5.41, 5.74) is -4.19. The topological polar surface area (TPSA) is 92.7 Å². The molecule has 1 fully saturated rings. The normalized spacial score (nSPS) is 15.7. The van der Waals surface area contributed by atoms with E-state index in [4.69, 9.17) is 4.74 Å². The van der Waals surface area contributed by atoms with Crippen LogP contribution in [0.2, 0.25) is 0 Å². The van der Waals surface area contributed by atoms with E-state index in [0.29, 0.717) is 6.20 Å². The second kappa shape index (κ2) is 9.41. The van der Waals surface area contributed by atoms with E-state index >= 15 is 0 Å². The van der Waals surface area contributed by atoms with E-state index in [2.05, 4.69) is 9.97 Å². The number of aromatic nitrogens is 2. The fraction of sp³-hybridized carbons (Fsp3) is 0.476. The lowest BCUT2D eigenvalue weighted by Gasteiger charge is -2.36. The molecule has 0 N–H and O–H groups in total. The van der Waals surface area contributed by atoms with Gasteiger partial charge in [-0.15, -0.1) is 0 Å². The van der Waals surface area contributed by atoms with E-state index in [-0.39, 0.29) is 42.5 Å². The number of carbonyl (C=O) groups excluding carboxylic acids is 1. The smallest absolute Gasteiger partial charge is 0.434 e. The van der Waals surface area contributed by atoms with Crippen molar-refractivity contribution >= 4 is 21.6 Å². The highest BCUT2D eigenvalue weighted by Gasteiger charge is 2.50. The van der Waals surface area contributed by atoms with Gasteiger partial charge in [0.25, 0.3) is 5.91 Å². The fourth-order valence-electron chi connectivity index (χ4n) is 3.27. The summed E-state index contributed by atoms with van der Waals surface area (Å²) >= 11 is 0. The Bertz CT molecular complexity index is 1220. The molecule has 0 unspecified atom stereocenters. The summed E-state index contributed by atoms with van der Waals surface area (Å²) in [7, 11) is -3.79. The predicted molar refractivity (Wildman–Crippen MR) is 115 cm³/mol. The van der Waals surface area contributed by atoms with Gasteiger partial charge in [0.2, 0.25) is 0 Å². The molecule has 0 bridgehead atoms. The van der Waals surface area contributed by atoms with Crippen molar-refractivity contribution in [3.8, 4) is 5.75 Å². The first-order chi connectivity index (χ1) is 16.4. The number of ether oxygens (including phenoxy) is 1. The molecular formula is C21H22F6N4O4S. The molecule has 1 aliphatic heterocycles. The standard InChI is InChI=1S/C21H22F6N4O4S/c1-19(2,21(25,26)27)35-15-5-4-13(36(3,33)34)10-14(15)18(32)31-8-6-30(7-9-31)17-12-28-16(11-29-17)20(22,23)24/h4-5,10-12H,6-9H2,1-3H3. The Kier molecular flexibility index (Phi) is 7.18. The number of amides is 1. The minimum Gasteiger partial charge on any atom is -0.478 e. The molecule has 198 valence electrons. The quantitative estimate of drug-likeness (QED) is 0.536. The average molecular weight is 540 g/mol. The van der Waals surface area contributed by atoms with Gasteiger partial charge in [-0.1, -0.05) is 0 Å². The molecule has 0 spiro atoms. The largest absolute Gasteiger partial charge is 0.478 e. The molecule has 0 aliphatic carbocycles. The molecule has 2 aromatic rings. The lowest BCUT2D eigenvalue weighted by molar-refractivity contribution is -0.234. The third kappa shape index (κ3) is 5.99. The number of alkyl halides is 6. The number of benzene rings is 1. The Morgan fingerprint density at radius 3 is 2.06 bits per heavy atom. The average Bonchev–Trinajstić information content (AvgIpc) is 2.77. The molecule has 0 saturated carbocycles. The van der Waals surface area contributed by atoms with E-state index in [1.807, 2.05) is 0 Å². The molecule has 8 nitrogen and oxygen atoms in total. The summed E-state index contributed by atoms with van der Waals surface area (Å²) in [4.78, 5) is 22.9. The number of nitrogens with zero attached hydrogens (tertiary/aromatic N) is 4. The van der Waals surface area contributed by atoms with Crippen molar-refractivity contribution in [3.05, 3.63) is 41.9 Å². The van der Waals surface area contributed by atoms with Gasteiger partial charge in [-0.3, -0.25) is 4.79 Å². The Balaban J connectivity index is 1.83. The van der Waals surface area contributed by atoms with Crippen molar-refractivity contribution in [2.45, 2.75) is 36.7 Å². The zero-order chi connectivity index (χ0) is 27.1. The first-order valence-corrected chi connectivity index (χ1v) is 12.3. The molecule has 2 heterocycles. The first kappa shape index (κ1) is 27.5. The second-order valence-electron chi connectivity index (χ2n) is 8.58. The molecule has 1 saturated heterocycles. The number of halogens is 6. The Morgan fingerprint density at radius 2 is 1.58 bits per heavy atom. The maximum Gasteiger partial charge on any atom is 0.434 e. The number of piperazine rings is 1. The van der Waals surface area contributed by atoms with E-state index in [0.717, 1.165) is 44.5 Å². The van der Waals surface area contributed by atoms with Crippen LogP contribution in [0.25, 0.3) is 0 Å². The van der Waals surface area contributed by atoms with Crippen LogP contribution in [0.4, 0.5) is 32.2 Å². The molecule has 1 aromatic heterocycles. The summed E-state index contributed by atoms with van der Waals surface area (Å²) < 4.78 is 107. The first-order valence-electron chi connectivity index (χ1n) is 10.4. The number of sulfone groups is 1. The molecule has 0 atom stereocenters. The number of anilines is 1. The molecule has 0 radical (unpaired) electrons. The summed E-state index contributed by atoms with van der Waals surface area (Å²) in [6.45, 7) is 1.90. The SMILES string of the molecule is CC(C)(Oc1ccc(S(C)(=O)=O)cc1C(=O)N1CCN(c2cnc(C(F)(F)F)cn2)CC1)C(F)(F)F. The van der Waals surface area contributed by atoms with Crippen LogP contribution in [0.3, 0.4) is 0 Å². The van der Waals surface area contributed by atoms with Crippen LogP contribution in [0.1, 0.15) is 29.9 Å². The van der Waals surface area contributed by atoms with Gasteiger partial charge in [0.1, 0.15) is 11.6 Å². The van der Waals surface area contributed by atoms with Gasteiger partial charge in [-0.2, -0.15) is 26.3 Å². The zero-order valence-corrected chi connectivity index (χ0v) is 20.1. The van der Waals surface area contributed by atoms with Crippen molar-refractivity contribution in [2.75, 3.05) is 37.3 Å². The van der Waals surface area contributed by atoms with Crippen molar-refractivity contribution in [1.29, 1.82) is 0 Å². The summed E-state index contributed by atoms with van der Waals surface area (Å²) in [5.74, 6) is -1.04. The molecular weight excluding hydrogens is 518 g/mol. The lowest BCUT2D eigenvalue weighted by Crippen LogP contribution is -2.49. The van der Waals surface area contributed by atoms with Gasteiger partial charge in [-0.05, 0) is 32.0 Å². The van der Waals surface area contributed by atoms with Gasteiger partial charge in [0.15, 0.2) is 21.1 Å². The molecule has 1 aliphatic rings. The molecule has 36 heavy (non-hydrogen) atoms. The van der Waals surface area contributed by atoms with Gasteiger partial charge in [0, 0.05) is 32.4 Å². The Labute approximate surface area is 202 Å². The van der Waals surface area contributed by atoms with E-state index in [1.165, 1.54) is 4.90 Å². The van der Waals surface area contributed by atoms with Crippen LogP contribution in [-0.4, -0.2) is 73.4 Å². The summed E-state index contributed by atoms with van der Waals surface area (Å²) in [5, 5.41) is 0. The highest BCUT2D eigenvalue weighted by molar-refractivity contribution is 7.90. The van der Waals surface area contributed by atoms with Crippen molar-refractivity contribution in [3.63, 3.8) is 0 Å². The number of hydrogen-bond acceptors (Lipinski definition) is 7. The van der Waals surface area contributed by atoms with Crippen molar-refractivity contribution in [1.82, 2.24) is 14.9 Å². The highest BCUT2D eigenvalue weighted by Crippen LogP contribution is 2.36.